The standard InChI is InChI=1S/C24H20FNO4/c1-26(13-17-7-3-5-9-20(17)25)22(27)15-30-23(28)12-18-14-29-21-11-10-16-6-2-4-8-19(16)24(18)21/h2-11,14H,12-13,15H2,1H3. The van der Waals surface area contributed by atoms with Crippen LogP contribution in [0.25, 0.3) is 21.7 Å². The Morgan fingerprint density at radius 2 is 1.77 bits per heavy atom. The smallest absolute Gasteiger partial charge is 0.310 e. The molecule has 4 aromatic rings. The summed E-state index contributed by atoms with van der Waals surface area (Å²) in [5, 5.41) is 2.91. The van der Waals surface area contributed by atoms with Crippen molar-refractivity contribution in [3.63, 3.8) is 0 Å². The molecule has 6 heteroatoms. The molecule has 0 radical (unpaired) electrons. The minimum absolute atomic E-state index is 0.00862. The quantitative estimate of drug-likeness (QED) is 0.444. The molecular formula is C24H20FNO4. The number of hydrogen-bond donors (Lipinski definition) is 0. The number of hydrogen-bond acceptors (Lipinski definition) is 4. The van der Waals surface area contributed by atoms with Crippen LogP contribution in [0.5, 0.6) is 0 Å². The number of carbonyl (C=O) groups excluding carboxylic acids is 2. The largest absolute Gasteiger partial charge is 0.464 e. The number of fused-ring (bicyclic) bond motifs is 3. The van der Waals surface area contributed by atoms with Gasteiger partial charge in [-0.05, 0) is 22.9 Å². The van der Waals surface area contributed by atoms with Gasteiger partial charge in [0, 0.05) is 30.1 Å². The average molecular weight is 405 g/mol. The molecule has 0 aliphatic rings. The monoisotopic (exact) mass is 405 g/mol. The highest BCUT2D eigenvalue weighted by Crippen LogP contribution is 2.30. The predicted molar refractivity (Wildman–Crippen MR) is 111 cm³/mol. The molecule has 30 heavy (non-hydrogen) atoms. The van der Waals surface area contributed by atoms with Crippen molar-refractivity contribution in [1.82, 2.24) is 4.90 Å². The van der Waals surface area contributed by atoms with Gasteiger partial charge in [-0.15, -0.1) is 0 Å². The van der Waals surface area contributed by atoms with Crippen molar-refractivity contribution in [2.24, 2.45) is 0 Å². The molecule has 5 nitrogen and oxygen atoms in total. The highest BCUT2D eigenvalue weighted by molar-refractivity contribution is 6.08. The Morgan fingerprint density at radius 3 is 2.60 bits per heavy atom. The van der Waals surface area contributed by atoms with Crippen LogP contribution in [0.1, 0.15) is 11.1 Å². The van der Waals surface area contributed by atoms with E-state index in [0.717, 1.165) is 16.2 Å². The molecule has 0 bridgehead atoms. The number of benzene rings is 3. The van der Waals surface area contributed by atoms with Crippen molar-refractivity contribution in [2.75, 3.05) is 13.7 Å². The molecule has 1 amide bonds. The van der Waals surface area contributed by atoms with Crippen LogP contribution in [0.15, 0.2) is 71.3 Å². The summed E-state index contributed by atoms with van der Waals surface area (Å²) in [6.07, 6.45) is 1.54. The number of rotatable bonds is 6. The Bertz CT molecular complexity index is 1230. The highest BCUT2D eigenvalue weighted by Gasteiger charge is 2.17. The Balaban J connectivity index is 1.40. The SMILES string of the molecule is CN(Cc1ccccc1F)C(=O)COC(=O)Cc1coc2ccc3ccccc3c12. The van der Waals surface area contributed by atoms with Crippen LogP contribution in [0, 0.1) is 5.82 Å². The van der Waals surface area contributed by atoms with Crippen LogP contribution in [0.3, 0.4) is 0 Å². The molecule has 3 aromatic carbocycles. The van der Waals surface area contributed by atoms with Crippen molar-refractivity contribution >= 4 is 33.6 Å². The molecule has 0 atom stereocenters. The van der Waals surface area contributed by atoms with Crippen LogP contribution < -0.4 is 0 Å². The van der Waals surface area contributed by atoms with Gasteiger partial charge in [-0.2, -0.15) is 0 Å². The summed E-state index contributed by atoms with van der Waals surface area (Å²) in [6.45, 7) is -0.304. The van der Waals surface area contributed by atoms with Crippen molar-refractivity contribution < 1.29 is 23.1 Å². The number of ether oxygens (including phenoxy) is 1. The topological polar surface area (TPSA) is 59.8 Å². The van der Waals surface area contributed by atoms with Crippen LogP contribution in [-0.2, 0) is 27.3 Å². The zero-order valence-corrected chi connectivity index (χ0v) is 16.4. The molecule has 0 saturated heterocycles. The van der Waals surface area contributed by atoms with Crippen molar-refractivity contribution in [1.29, 1.82) is 0 Å². The number of amides is 1. The predicted octanol–water partition coefficient (Wildman–Crippen LogP) is 4.47. The van der Waals surface area contributed by atoms with E-state index in [1.807, 2.05) is 36.4 Å². The second kappa shape index (κ2) is 8.37. The van der Waals surface area contributed by atoms with Gasteiger partial charge in [-0.1, -0.05) is 48.5 Å². The first kappa shape index (κ1) is 19.6. The molecule has 1 aromatic heterocycles. The molecule has 0 N–H and O–H groups in total. The Labute approximate surface area is 172 Å². The van der Waals surface area contributed by atoms with Gasteiger partial charge in [0.1, 0.15) is 11.4 Å². The molecule has 0 fully saturated rings. The first-order valence-corrected chi connectivity index (χ1v) is 9.54. The van der Waals surface area contributed by atoms with E-state index in [9.17, 15) is 14.0 Å². The second-order valence-electron chi connectivity index (χ2n) is 7.10. The second-order valence-corrected chi connectivity index (χ2v) is 7.10. The third kappa shape index (κ3) is 4.03. The molecule has 1 heterocycles. The van der Waals surface area contributed by atoms with E-state index in [1.54, 1.807) is 31.5 Å². The zero-order valence-electron chi connectivity index (χ0n) is 16.4. The van der Waals surface area contributed by atoms with Gasteiger partial charge >= 0.3 is 5.97 Å². The lowest BCUT2D eigenvalue weighted by Gasteiger charge is -2.17. The Morgan fingerprint density at radius 1 is 1.00 bits per heavy atom. The van der Waals surface area contributed by atoms with Crippen LogP contribution in [0.2, 0.25) is 0 Å². The van der Waals surface area contributed by atoms with Crippen molar-refractivity contribution in [3.05, 3.63) is 83.9 Å². The fraction of sp³-hybridized carbons (Fsp3) is 0.167. The first-order chi connectivity index (χ1) is 14.5. The Kier molecular flexibility index (Phi) is 5.48. The first-order valence-electron chi connectivity index (χ1n) is 9.54. The maximum absolute atomic E-state index is 13.7. The number of carbonyl (C=O) groups is 2. The summed E-state index contributed by atoms with van der Waals surface area (Å²) in [7, 11) is 1.54. The van der Waals surface area contributed by atoms with E-state index in [0.29, 0.717) is 16.7 Å². The molecule has 0 spiro atoms. The molecule has 0 unspecified atom stereocenters. The Hall–Kier alpha value is -3.67. The molecule has 4 rings (SSSR count). The molecular weight excluding hydrogens is 385 g/mol. The van der Waals surface area contributed by atoms with Crippen LogP contribution in [-0.4, -0.2) is 30.4 Å². The maximum atomic E-state index is 13.7. The summed E-state index contributed by atoms with van der Waals surface area (Å²) < 4.78 is 24.5. The summed E-state index contributed by atoms with van der Waals surface area (Å²) in [5.41, 5.74) is 1.80. The lowest BCUT2D eigenvalue weighted by molar-refractivity contribution is -0.151. The van der Waals surface area contributed by atoms with Crippen LogP contribution in [0.4, 0.5) is 4.39 Å². The summed E-state index contributed by atoms with van der Waals surface area (Å²) >= 11 is 0. The van der Waals surface area contributed by atoms with Crippen molar-refractivity contribution in [2.45, 2.75) is 13.0 Å². The number of halogens is 1. The lowest BCUT2D eigenvalue weighted by Crippen LogP contribution is -2.31. The molecule has 0 saturated carbocycles. The van der Waals surface area contributed by atoms with Gasteiger partial charge in [-0.3, -0.25) is 9.59 Å². The number of furan rings is 1. The van der Waals surface area contributed by atoms with Gasteiger partial charge in [0.15, 0.2) is 6.61 Å². The van der Waals surface area contributed by atoms with E-state index in [2.05, 4.69) is 0 Å². The van der Waals surface area contributed by atoms with Gasteiger partial charge in [0.25, 0.3) is 5.91 Å². The van der Waals surface area contributed by atoms with Gasteiger partial charge < -0.3 is 14.1 Å². The van der Waals surface area contributed by atoms with E-state index < -0.39 is 18.5 Å². The number of esters is 1. The minimum atomic E-state index is -0.529. The fourth-order valence-corrected chi connectivity index (χ4v) is 3.43. The molecule has 152 valence electrons. The van der Waals surface area contributed by atoms with Crippen molar-refractivity contribution in [3.8, 4) is 0 Å². The maximum Gasteiger partial charge on any atom is 0.310 e. The van der Waals surface area contributed by atoms with Crippen LogP contribution >= 0.6 is 0 Å². The zero-order chi connectivity index (χ0) is 21.1. The number of nitrogens with zero attached hydrogens (tertiary/aromatic N) is 1. The normalized spacial score (nSPS) is 11.0. The third-order valence-corrected chi connectivity index (χ3v) is 5.02. The molecule has 0 aliphatic carbocycles. The average Bonchev–Trinajstić information content (AvgIpc) is 3.16. The lowest BCUT2D eigenvalue weighted by atomic mass is 10.0. The summed E-state index contributed by atoms with van der Waals surface area (Å²) in [6, 6.07) is 17.9. The fourth-order valence-electron chi connectivity index (χ4n) is 3.43. The van der Waals surface area contributed by atoms with Gasteiger partial charge in [0.05, 0.1) is 12.7 Å². The van der Waals surface area contributed by atoms with E-state index in [4.69, 9.17) is 9.15 Å². The summed E-state index contributed by atoms with van der Waals surface area (Å²) in [5.74, 6) is -1.32. The number of likely N-dealkylation sites (N-methyl/N-ethyl adjacent to an activating group) is 1. The highest BCUT2D eigenvalue weighted by atomic mass is 19.1. The third-order valence-electron chi connectivity index (χ3n) is 5.02. The van der Waals surface area contributed by atoms with E-state index in [-0.39, 0.29) is 18.8 Å². The van der Waals surface area contributed by atoms with Gasteiger partial charge in [-0.25, -0.2) is 4.39 Å². The van der Waals surface area contributed by atoms with E-state index in [1.165, 1.54) is 11.0 Å². The molecule has 0 aliphatic heterocycles. The van der Waals surface area contributed by atoms with E-state index >= 15 is 0 Å². The van der Waals surface area contributed by atoms with Gasteiger partial charge in [0.2, 0.25) is 0 Å². The summed E-state index contributed by atoms with van der Waals surface area (Å²) in [4.78, 5) is 25.9. The minimum Gasteiger partial charge on any atom is -0.464 e.